The minimum absolute atomic E-state index is 0.00673. The lowest BCUT2D eigenvalue weighted by molar-refractivity contribution is -0.148. The highest BCUT2D eigenvalue weighted by Crippen LogP contribution is 2.22. The largest absolute Gasteiger partial charge is 0.480 e. The van der Waals surface area contributed by atoms with Gasteiger partial charge in [0.15, 0.2) is 0 Å². The van der Waals surface area contributed by atoms with Crippen LogP contribution < -0.4 is 0 Å². The number of carboxylic acids is 1. The average molecular weight is 323 g/mol. The van der Waals surface area contributed by atoms with E-state index in [1.54, 1.807) is 4.90 Å². The molecule has 2 saturated heterocycles. The van der Waals surface area contributed by atoms with Gasteiger partial charge in [-0.2, -0.15) is 0 Å². The van der Waals surface area contributed by atoms with Crippen molar-refractivity contribution >= 4 is 17.8 Å². The van der Waals surface area contributed by atoms with Crippen molar-refractivity contribution in [3.8, 4) is 0 Å². The fourth-order valence-corrected chi connectivity index (χ4v) is 3.29. The fraction of sp³-hybridized carbons (Fsp3) is 0.786. The molecule has 23 heavy (non-hydrogen) atoms. The highest BCUT2D eigenvalue weighted by atomic mass is 16.4. The zero-order valence-electron chi connectivity index (χ0n) is 12.9. The van der Waals surface area contributed by atoms with Gasteiger partial charge in [-0.1, -0.05) is 5.11 Å². The molecule has 1 N–H and O–H groups in total. The summed E-state index contributed by atoms with van der Waals surface area (Å²) in [5, 5.41) is 12.9. The van der Waals surface area contributed by atoms with Crippen molar-refractivity contribution < 1.29 is 19.5 Å². The maximum atomic E-state index is 11.9. The third kappa shape index (κ3) is 4.13. The second-order valence-electron chi connectivity index (χ2n) is 5.88. The topological polar surface area (TPSA) is 127 Å². The zero-order chi connectivity index (χ0) is 16.8. The number of hydrogen-bond donors (Lipinski definition) is 1. The monoisotopic (exact) mass is 323 g/mol. The summed E-state index contributed by atoms with van der Waals surface area (Å²) in [4.78, 5) is 40.9. The van der Waals surface area contributed by atoms with Gasteiger partial charge in [0.05, 0.1) is 0 Å². The summed E-state index contributed by atoms with van der Waals surface area (Å²) in [5.41, 5.74) is 8.50. The van der Waals surface area contributed by atoms with Crippen molar-refractivity contribution in [2.24, 2.45) is 5.11 Å². The van der Waals surface area contributed by atoms with Crippen molar-refractivity contribution in [2.75, 3.05) is 19.6 Å². The molecule has 2 fully saturated rings. The Balaban J connectivity index is 2.02. The Hall–Kier alpha value is -2.28. The molecule has 2 rings (SSSR count). The van der Waals surface area contributed by atoms with Crippen LogP contribution in [0.15, 0.2) is 5.11 Å². The number of amides is 2. The van der Waals surface area contributed by atoms with Gasteiger partial charge in [-0.3, -0.25) is 9.59 Å². The summed E-state index contributed by atoms with van der Waals surface area (Å²) in [6, 6.07) is -1.18. The van der Waals surface area contributed by atoms with Crippen LogP contribution in [0.25, 0.3) is 10.4 Å². The molecule has 0 aromatic heterocycles. The Morgan fingerprint density at radius 3 is 2.26 bits per heavy atom. The Labute approximate surface area is 133 Å². The van der Waals surface area contributed by atoms with E-state index in [4.69, 9.17) is 5.53 Å². The second-order valence-corrected chi connectivity index (χ2v) is 5.88. The Morgan fingerprint density at radius 2 is 1.78 bits per heavy atom. The average Bonchev–Trinajstić information content (AvgIpc) is 3.11. The van der Waals surface area contributed by atoms with E-state index in [9.17, 15) is 19.5 Å². The lowest BCUT2D eigenvalue weighted by Crippen LogP contribution is -2.44. The normalized spacial score (nSPS) is 20.5. The van der Waals surface area contributed by atoms with Gasteiger partial charge in [0.1, 0.15) is 6.04 Å². The van der Waals surface area contributed by atoms with Crippen molar-refractivity contribution in [3.05, 3.63) is 10.4 Å². The first-order chi connectivity index (χ1) is 11.0. The van der Waals surface area contributed by atoms with Crippen molar-refractivity contribution in [1.82, 2.24) is 9.80 Å². The number of aliphatic carboxylic acids is 1. The lowest BCUT2D eigenvalue weighted by atomic mass is 10.0. The quantitative estimate of drug-likeness (QED) is 0.408. The minimum atomic E-state index is -1.03. The summed E-state index contributed by atoms with van der Waals surface area (Å²) in [7, 11) is 0. The van der Waals surface area contributed by atoms with Crippen LogP contribution in [0.1, 0.15) is 38.5 Å². The molecule has 0 saturated carbocycles. The van der Waals surface area contributed by atoms with Crippen LogP contribution in [0.3, 0.4) is 0 Å². The summed E-state index contributed by atoms with van der Waals surface area (Å²) < 4.78 is 0. The minimum Gasteiger partial charge on any atom is -0.480 e. The summed E-state index contributed by atoms with van der Waals surface area (Å²) in [6.07, 6.45) is 2.94. The summed E-state index contributed by atoms with van der Waals surface area (Å²) in [6.45, 7) is 1.19. The molecule has 2 aliphatic rings. The van der Waals surface area contributed by atoms with Gasteiger partial charge in [-0.25, -0.2) is 4.79 Å². The molecule has 0 aromatic rings. The van der Waals surface area contributed by atoms with Crippen LogP contribution >= 0.6 is 0 Å². The number of rotatable bonds is 8. The molecular weight excluding hydrogens is 302 g/mol. The van der Waals surface area contributed by atoms with Gasteiger partial charge in [0.2, 0.25) is 11.8 Å². The summed E-state index contributed by atoms with van der Waals surface area (Å²) >= 11 is 0. The van der Waals surface area contributed by atoms with Gasteiger partial charge in [0.25, 0.3) is 0 Å². The van der Waals surface area contributed by atoms with Crippen LogP contribution in [0.5, 0.6) is 0 Å². The Morgan fingerprint density at radius 1 is 1.17 bits per heavy atom. The van der Waals surface area contributed by atoms with Crippen LogP contribution in [0.4, 0.5) is 0 Å². The number of nitrogens with zero attached hydrogens (tertiary/aromatic N) is 5. The van der Waals surface area contributed by atoms with Crippen LogP contribution in [0, 0.1) is 0 Å². The van der Waals surface area contributed by atoms with Gasteiger partial charge >= 0.3 is 5.97 Å². The van der Waals surface area contributed by atoms with E-state index in [2.05, 4.69) is 10.0 Å². The maximum absolute atomic E-state index is 11.9. The van der Waals surface area contributed by atoms with E-state index in [-0.39, 0.29) is 30.8 Å². The second kappa shape index (κ2) is 7.82. The molecule has 126 valence electrons. The molecule has 9 nitrogen and oxygen atoms in total. The molecule has 2 amide bonds. The third-order valence-electron chi connectivity index (χ3n) is 4.45. The maximum Gasteiger partial charge on any atom is 0.326 e. The van der Waals surface area contributed by atoms with E-state index in [0.717, 1.165) is 6.42 Å². The molecule has 0 bridgehead atoms. The predicted octanol–water partition coefficient (Wildman–Crippen LogP) is 1.14. The fourth-order valence-electron chi connectivity index (χ4n) is 3.29. The first-order valence-electron chi connectivity index (χ1n) is 7.87. The highest BCUT2D eigenvalue weighted by Gasteiger charge is 2.34. The van der Waals surface area contributed by atoms with Crippen molar-refractivity contribution in [1.29, 1.82) is 0 Å². The van der Waals surface area contributed by atoms with E-state index < -0.39 is 12.0 Å². The van der Waals surface area contributed by atoms with Crippen molar-refractivity contribution in [3.63, 3.8) is 0 Å². The molecule has 0 aliphatic carbocycles. The molecule has 2 atom stereocenters. The lowest BCUT2D eigenvalue weighted by Gasteiger charge is -2.30. The SMILES string of the molecule is [N-]=[N+]=NCC(CCC(C(=O)O)N1CCCC1=O)N1CCCC1=O. The first kappa shape index (κ1) is 17.1. The number of azide groups is 1. The number of hydrogen-bond acceptors (Lipinski definition) is 4. The van der Waals surface area contributed by atoms with Gasteiger partial charge in [0, 0.05) is 43.4 Å². The molecule has 2 unspecified atom stereocenters. The van der Waals surface area contributed by atoms with Gasteiger partial charge in [-0.15, -0.1) is 0 Å². The smallest absolute Gasteiger partial charge is 0.326 e. The van der Waals surface area contributed by atoms with Crippen molar-refractivity contribution in [2.45, 2.75) is 50.6 Å². The molecule has 2 aliphatic heterocycles. The zero-order valence-corrected chi connectivity index (χ0v) is 12.9. The standard InChI is InChI=1S/C14H21N5O4/c15-17-16-9-10(18-7-1-3-12(18)20)5-6-11(14(22)23)19-8-2-4-13(19)21/h10-11H,1-9H2,(H,22,23). The predicted molar refractivity (Wildman–Crippen MR) is 80.4 cm³/mol. The van der Waals surface area contributed by atoms with Gasteiger partial charge < -0.3 is 14.9 Å². The number of likely N-dealkylation sites (tertiary alicyclic amines) is 2. The van der Waals surface area contributed by atoms with E-state index in [1.165, 1.54) is 4.90 Å². The van der Waals surface area contributed by atoms with Crippen LogP contribution in [-0.4, -0.2) is 64.4 Å². The number of carbonyl (C=O) groups excluding carboxylic acids is 2. The Kier molecular flexibility index (Phi) is 5.81. The van der Waals surface area contributed by atoms with E-state index in [1.807, 2.05) is 0 Å². The highest BCUT2D eigenvalue weighted by molar-refractivity contribution is 5.85. The third-order valence-corrected chi connectivity index (χ3v) is 4.45. The number of carboxylic acid groups (broad SMARTS) is 1. The molecule has 0 radical (unpaired) electrons. The Bertz CT molecular complexity index is 531. The molecular formula is C14H21N5O4. The van der Waals surface area contributed by atoms with E-state index >= 15 is 0 Å². The molecule has 2 heterocycles. The van der Waals surface area contributed by atoms with E-state index in [0.29, 0.717) is 38.8 Å². The van der Waals surface area contributed by atoms with Crippen LogP contribution in [-0.2, 0) is 14.4 Å². The van der Waals surface area contributed by atoms with Gasteiger partial charge in [-0.05, 0) is 31.2 Å². The molecule has 0 spiro atoms. The molecule has 9 heteroatoms. The van der Waals surface area contributed by atoms with Crippen LogP contribution in [0.2, 0.25) is 0 Å². The summed E-state index contributed by atoms with van der Waals surface area (Å²) in [5.74, 6) is -1.16. The first-order valence-corrected chi connectivity index (χ1v) is 7.87. The molecule has 0 aromatic carbocycles. The number of carbonyl (C=O) groups is 3.